The third-order valence-electron chi connectivity index (χ3n) is 3.44. The first-order valence-electron chi connectivity index (χ1n) is 7.13. The molecule has 0 saturated heterocycles. The zero-order chi connectivity index (χ0) is 17.1. The van der Waals surface area contributed by atoms with Crippen molar-refractivity contribution in [2.45, 2.75) is 0 Å². The molecule has 3 rings (SSSR count). The summed E-state index contributed by atoms with van der Waals surface area (Å²) in [5.41, 5.74) is 1.23. The Morgan fingerprint density at radius 1 is 1.04 bits per heavy atom. The molecule has 1 aromatic heterocycles. The van der Waals surface area contributed by atoms with Crippen molar-refractivity contribution in [2.75, 3.05) is 26.6 Å². The molecule has 0 spiro atoms. The van der Waals surface area contributed by atoms with Crippen LogP contribution in [0.2, 0.25) is 0 Å². The van der Waals surface area contributed by atoms with E-state index < -0.39 is 0 Å². The Morgan fingerprint density at radius 2 is 1.75 bits per heavy atom. The summed E-state index contributed by atoms with van der Waals surface area (Å²) in [5, 5.41) is 3.28. The van der Waals surface area contributed by atoms with Crippen LogP contribution in [0.1, 0.15) is 10.4 Å². The molecule has 2 aromatic carbocycles. The van der Waals surface area contributed by atoms with Gasteiger partial charge in [-0.1, -0.05) is 29.5 Å². The van der Waals surface area contributed by atoms with E-state index in [1.54, 1.807) is 39.5 Å². The van der Waals surface area contributed by atoms with Gasteiger partial charge in [0.05, 0.1) is 26.8 Å². The van der Waals surface area contributed by atoms with Crippen LogP contribution in [0.25, 0.3) is 10.2 Å². The maximum Gasteiger partial charge on any atom is 0.257 e. The van der Waals surface area contributed by atoms with Crippen molar-refractivity contribution in [3.05, 3.63) is 42.0 Å². The molecule has 6 nitrogen and oxygen atoms in total. The van der Waals surface area contributed by atoms with Crippen molar-refractivity contribution in [1.82, 2.24) is 4.98 Å². The number of benzene rings is 2. The highest BCUT2D eigenvalue weighted by Crippen LogP contribution is 2.46. The first kappa shape index (κ1) is 16.1. The Hall–Kier alpha value is -2.80. The van der Waals surface area contributed by atoms with E-state index in [2.05, 4.69) is 10.3 Å². The van der Waals surface area contributed by atoms with Crippen LogP contribution in [0.15, 0.2) is 36.4 Å². The standard InChI is InChI=1S/C17H16N2O4S/c1-21-12-9-11-15(14(23-3)13(12)22-2)24-17(18-11)19-16(20)10-7-5-4-6-8-10/h4-9H,1-3H3,(H,18,19,20). The number of rotatable bonds is 5. The number of carbonyl (C=O) groups is 1. The van der Waals surface area contributed by atoms with Gasteiger partial charge >= 0.3 is 0 Å². The molecule has 0 radical (unpaired) electrons. The van der Waals surface area contributed by atoms with Gasteiger partial charge in [-0.3, -0.25) is 10.1 Å². The summed E-state index contributed by atoms with van der Waals surface area (Å²) >= 11 is 1.32. The molecule has 0 aliphatic heterocycles. The summed E-state index contributed by atoms with van der Waals surface area (Å²) in [6, 6.07) is 10.7. The number of nitrogens with zero attached hydrogens (tertiary/aromatic N) is 1. The summed E-state index contributed by atoms with van der Waals surface area (Å²) in [6.45, 7) is 0. The molecule has 0 atom stereocenters. The number of hydrogen-bond acceptors (Lipinski definition) is 6. The number of anilines is 1. The van der Waals surface area contributed by atoms with Crippen molar-refractivity contribution < 1.29 is 19.0 Å². The molecule has 1 N–H and O–H groups in total. The Labute approximate surface area is 143 Å². The molecule has 1 heterocycles. The van der Waals surface area contributed by atoms with E-state index in [0.717, 1.165) is 4.70 Å². The van der Waals surface area contributed by atoms with E-state index in [1.165, 1.54) is 11.3 Å². The van der Waals surface area contributed by atoms with Gasteiger partial charge in [0.15, 0.2) is 16.6 Å². The molecule has 24 heavy (non-hydrogen) atoms. The Morgan fingerprint density at radius 3 is 2.38 bits per heavy atom. The van der Waals surface area contributed by atoms with Crippen LogP contribution in [0.5, 0.6) is 17.2 Å². The molecule has 0 fully saturated rings. The lowest BCUT2D eigenvalue weighted by Gasteiger charge is -2.11. The van der Waals surface area contributed by atoms with E-state index in [4.69, 9.17) is 14.2 Å². The first-order valence-corrected chi connectivity index (χ1v) is 7.95. The number of amides is 1. The molecule has 1 amide bonds. The van der Waals surface area contributed by atoms with Crippen molar-refractivity contribution >= 4 is 32.6 Å². The van der Waals surface area contributed by atoms with Gasteiger partial charge in [-0.25, -0.2) is 4.98 Å². The number of hydrogen-bond donors (Lipinski definition) is 1. The number of methoxy groups -OCH3 is 3. The number of carbonyl (C=O) groups excluding carboxylic acids is 1. The number of aromatic nitrogens is 1. The summed E-state index contributed by atoms with van der Waals surface area (Å²) in [4.78, 5) is 16.7. The minimum Gasteiger partial charge on any atom is -0.493 e. The fraction of sp³-hybridized carbons (Fsp3) is 0.176. The summed E-state index contributed by atoms with van der Waals surface area (Å²) in [6.07, 6.45) is 0. The molecule has 124 valence electrons. The molecule has 0 unspecified atom stereocenters. The maximum atomic E-state index is 12.3. The number of nitrogens with one attached hydrogen (secondary N) is 1. The molecule has 0 aliphatic rings. The molecular weight excluding hydrogens is 328 g/mol. The predicted molar refractivity (Wildman–Crippen MR) is 93.7 cm³/mol. The fourth-order valence-corrected chi connectivity index (χ4v) is 3.30. The van der Waals surface area contributed by atoms with Crippen molar-refractivity contribution in [2.24, 2.45) is 0 Å². The average molecular weight is 344 g/mol. The minimum atomic E-state index is -0.215. The van der Waals surface area contributed by atoms with Gasteiger partial charge in [0.25, 0.3) is 5.91 Å². The van der Waals surface area contributed by atoms with Crippen LogP contribution in [0, 0.1) is 0 Å². The van der Waals surface area contributed by atoms with Gasteiger partial charge in [-0.2, -0.15) is 0 Å². The average Bonchev–Trinajstić information content (AvgIpc) is 3.02. The van der Waals surface area contributed by atoms with Crippen LogP contribution in [0.4, 0.5) is 5.13 Å². The highest BCUT2D eigenvalue weighted by atomic mass is 32.1. The second-order valence-corrected chi connectivity index (χ2v) is 5.83. The maximum absolute atomic E-state index is 12.3. The number of thiazole rings is 1. The van der Waals surface area contributed by atoms with E-state index in [9.17, 15) is 4.79 Å². The zero-order valence-corrected chi connectivity index (χ0v) is 14.3. The normalized spacial score (nSPS) is 10.5. The topological polar surface area (TPSA) is 69.7 Å². The highest BCUT2D eigenvalue weighted by molar-refractivity contribution is 7.22. The lowest BCUT2D eigenvalue weighted by atomic mass is 10.2. The first-order chi connectivity index (χ1) is 11.7. The van der Waals surface area contributed by atoms with Crippen LogP contribution in [-0.4, -0.2) is 32.2 Å². The van der Waals surface area contributed by atoms with E-state index in [0.29, 0.717) is 33.5 Å². The molecule has 0 aliphatic carbocycles. The number of ether oxygens (including phenoxy) is 3. The SMILES string of the molecule is COc1cc2nc(NC(=O)c3ccccc3)sc2c(OC)c1OC. The molecule has 0 bridgehead atoms. The monoisotopic (exact) mass is 344 g/mol. The van der Waals surface area contributed by atoms with Crippen molar-refractivity contribution in [1.29, 1.82) is 0 Å². The number of fused-ring (bicyclic) bond motifs is 1. The zero-order valence-electron chi connectivity index (χ0n) is 13.5. The summed E-state index contributed by atoms with van der Waals surface area (Å²) in [7, 11) is 4.65. The van der Waals surface area contributed by atoms with Gasteiger partial charge in [0.1, 0.15) is 4.70 Å². The van der Waals surface area contributed by atoms with Crippen LogP contribution >= 0.6 is 11.3 Å². The highest BCUT2D eigenvalue weighted by Gasteiger charge is 2.20. The molecular formula is C17H16N2O4S. The Bertz CT molecular complexity index is 877. The van der Waals surface area contributed by atoms with Gasteiger partial charge in [0.2, 0.25) is 5.75 Å². The van der Waals surface area contributed by atoms with Gasteiger partial charge in [-0.05, 0) is 12.1 Å². The van der Waals surface area contributed by atoms with E-state index in [-0.39, 0.29) is 5.91 Å². The van der Waals surface area contributed by atoms with Gasteiger partial charge < -0.3 is 14.2 Å². The third kappa shape index (κ3) is 2.85. The van der Waals surface area contributed by atoms with Crippen molar-refractivity contribution in [3.63, 3.8) is 0 Å². The largest absolute Gasteiger partial charge is 0.493 e. The predicted octanol–water partition coefficient (Wildman–Crippen LogP) is 3.57. The lowest BCUT2D eigenvalue weighted by Crippen LogP contribution is -2.11. The second-order valence-electron chi connectivity index (χ2n) is 4.83. The van der Waals surface area contributed by atoms with Gasteiger partial charge in [0, 0.05) is 11.6 Å². The van der Waals surface area contributed by atoms with Gasteiger partial charge in [-0.15, -0.1) is 0 Å². The van der Waals surface area contributed by atoms with E-state index >= 15 is 0 Å². The van der Waals surface area contributed by atoms with Crippen LogP contribution < -0.4 is 19.5 Å². The third-order valence-corrected chi connectivity index (χ3v) is 4.43. The van der Waals surface area contributed by atoms with Crippen LogP contribution in [-0.2, 0) is 0 Å². The lowest BCUT2D eigenvalue weighted by molar-refractivity contribution is 0.102. The van der Waals surface area contributed by atoms with Crippen molar-refractivity contribution in [3.8, 4) is 17.2 Å². The molecule has 0 saturated carbocycles. The fourth-order valence-electron chi connectivity index (χ4n) is 2.34. The summed E-state index contributed by atoms with van der Waals surface area (Å²) < 4.78 is 16.9. The summed E-state index contributed by atoms with van der Waals surface area (Å²) in [5.74, 6) is 1.34. The second kappa shape index (κ2) is 6.76. The quantitative estimate of drug-likeness (QED) is 0.766. The minimum absolute atomic E-state index is 0.215. The molecule has 3 aromatic rings. The molecule has 7 heteroatoms. The van der Waals surface area contributed by atoms with E-state index in [1.807, 2.05) is 18.2 Å². The van der Waals surface area contributed by atoms with Crippen LogP contribution in [0.3, 0.4) is 0 Å². The smallest absolute Gasteiger partial charge is 0.257 e. The Balaban J connectivity index is 2.01. The Kier molecular flexibility index (Phi) is 4.52.